The molecular formula is C19H19N3O2S. The van der Waals surface area contributed by atoms with E-state index in [0.29, 0.717) is 11.6 Å². The molecule has 0 aliphatic rings. The van der Waals surface area contributed by atoms with Gasteiger partial charge in [0.1, 0.15) is 0 Å². The van der Waals surface area contributed by atoms with Crippen LogP contribution in [0.15, 0.2) is 57.8 Å². The Hall–Kier alpha value is -2.60. The summed E-state index contributed by atoms with van der Waals surface area (Å²) in [4.78, 5) is 13.3. The van der Waals surface area contributed by atoms with Crippen molar-refractivity contribution in [3.63, 3.8) is 0 Å². The average molecular weight is 353 g/mol. The van der Waals surface area contributed by atoms with Gasteiger partial charge < -0.3 is 4.42 Å². The molecule has 6 heteroatoms. The van der Waals surface area contributed by atoms with E-state index < -0.39 is 0 Å². The molecule has 2 aromatic carbocycles. The molecule has 1 aromatic heterocycles. The van der Waals surface area contributed by atoms with Crippen LogP contribution in [0.2, 0.25) is 0 Å². The fourth-order valence-electron chi connectivity index (χ4n) is 2.40. The molecule has 0 atom stereocenters. The highest BCUT2D eigenvalue weighted by atomic mass is 32.2. The van der Waals surface area contributed by atoms with Crippen molar-refractivity contribution in [3.8, 4) is 0 Å². The summed E-state index contributed by atoms with van der Waals surface area (Å²) in [6.45, 7) is 4.03. The topological polar surface area (TPSA) is 68.0 Å². The molecule has 0 radical (unpaired) electrons. The van der Waals surface area contributed by atoms with Crippen LogP contribution >= 0.6 is 11.8 Å². The van der Waals surface area contributed by atoms with Gasteiger partial charge in [-0.1, -0.05) is 47.1 Å². The zero-order valence-electron chi connectivity index (χ0n) is 14.2. The standard InChI is InChI=1S/C19H19N3O2S/c1-13-8-9-15(14(2)10-13)11-17(23)20-19-22-21-18(24-19)12-25-16-6-4-3-5-7-16/h3-10H,11-12H2,1-2H3,(H,20,22,23). The summed E-state index contributed by atoms with van der Waals surface area (Å²) in [5.74, 6) is 0.873. The van der Waals surface area contributed by atoms with Crippen LogP contribution in [0.1, 0.15) is 22.6 Å². The van der Waals surface area contributed by atoms with Gasteiger partial charge in [0.15, 0.2) is 0 Å². The monoisotopic (exact) mass is 353 g/mol. The van der Waals surface area contributed by atoms with Gasteiger partial charge in [-0.25, -0.2) is 0 Å². The molecule has 1 N–H and O–H groups in total. The number of aromatic nitrogens is 2. The second-order valence-electron chi connectivity index (χ2n) is 5.76. The number of hydrogen-bond donors (Lipinski definition) is 1. The van der Waals surface area contributed by atoms with E-state index in [1.54, 1.807) is 11.8 Å². The van der Waals surface area contributed by atoms with Gasteiger partial charge in [-0.2, -0.15) is 0 Å². The van der Waals surface area contributed by atoms with Crippen LogP contribution in [0.25, 0.3) is 0 Å². The Bertz CT molecular complexity index is 862. The maximum absolute atomic E-state index is 12.2. The lowest BCUT2D eigenvalue weighted by Gasteiger charge is -2.06. The fraction of sp³-hybridized carbons (Fsp3) is 0.211. The SMILES string of the molecule is Cc1ccc(CC(=O)Nc2nnc(CSc3ccccc3)o2)c(C)c1. The number of nitrogens with one attached hydrogen (secondary N) is 1. The summed E-state index contributed by atoms with van der Waals surface area (Å²) >= 11 is 1.60. The molecule has 3 aromatic rings. The molecule has 128 valence electrons. The highest BCUT2D eigenvalue weighted by molar-refractivity contribution is 7.98. The van der Waals surface area contributed by atoms with Crippen molar-refractivity contribution < 1.29 is 9.21 Å². The van der Waals surface area contributed by atoms with Gasteiger partial charge in [0.05, 0.1) is 12.2 Å². The van der Waals surface area contributed by atoms with E-state index in [4.69, 9.17) is 4.42 Å². The summed E-state index contributed by atoms with van der Waals surface area (Å²) in [6, 6.07) is 16.2. The molecule has 1 amide bonds. The normalized spacial score (nSPS) is 10.6. The first-order valence-corrected chi connectivity index (χ1v) is 8.95. The molecule has 3 rings (SSSR count). The van der Waals surface area contributed by atoms with Gasteiger partial charge >= 0.3 is 6.01 Å². The van der Waals surface area contributed by atoms with Crippen LogP contribution in [0.3, 0.4) is 0 Å². The van der Waals surface area contributed by atoms with Crippen LogP contribution < -0.4 is 5.32 Å². The van der Waals surface area contributed by atoms with E-state index >= 15 is 0 Å². The van der Waals surface area contributed by atoms with Crippen LogP contribution in [0.4, 0.5) is 6.01 Å². The molecule has 1 heterocycles. The van der Waals surface area contributed by atoms with Crippen LogP contribution in [0, 0.1) is 13.8 Å². The number of carbonyl (C=O) groups is 1. The van der Waals surface area contributed by atoms with Crippen molar-refractivity contribution in [1.29, 1.82) is 0 Å². The van der Waals surface area contributed by atoms with E-state index in [0.717, 1.165) is 16.0 Å². The molecule has 5 nitrogen and oxygen atoms in total. The Morgan fingerprint density at radius 1 is 1.12 bits per heavy atom. The van der Waals surface area contributed by atoms with E-state index in [-0.39, 0.29) is 18.3 Å². The maximum Gasteiger partial charge on any atom is 0.322 e. The number of thioether (sulfide) groups is 1. The van der Waals surface area contributed by atoms with E-state index in [1.165, 1.54) is 5.56 Å². The van der Waals surface area contributed by atoms with E-state index in [9.17, 15) is 4.79 Å². The third-order valence-electron chi connectivity index (χ3n) is 3.67. The van der Waals surface area contributed by atoms with Crippen molar-refractivity contribution in [1.82, 2.24) is 10.2 Å². The van der Waals surface area contributed by atoms with Crippen molar-refractivity contribution in [3.05, 3.63) is 71.1 Å². The maximum atomic E-state index is 12.2. The number of amides is 1. The third-order valence-corrected chi connectivity index (χ3v) is 4.66. The Balaban J connectivity index is 1.54. The van der Waals surface area contributed by atoms with Gasteiger partial charge in [-0.15, -0.1) is 16.9 Å². The van der Waals surface area contributed by atoms with Crippen molar-refractivity contribution in [2.24, 2.45) is 0 Å². The Morgan fingerprint density at radius 2 is 1.92 bits per heavy atom. The highest BCUT2D eigenvalue weighted by Crippen LogP contribution is 2.22. The molecule has 25 heavy (non-hydrogen) atoms. The lowest BCUT2D eigenvalue weighted by atomic mass is 10.0. The molecule has 0 aliphatic carbocycles. The largest absolute Gasteiger partial charge is 0.407 e. The van der Waals surface area contributed by atoms with Crippen molar-refractivity contribution >= 4 is 23.7 Å². The number of nitrogens with zero attached hydrogens (tertiary/aromatic N) is 2. The van der Waals surface area contributed by atoms with Gasteiger partial charge in [0, 0.05) is 4.90 Å². The summed E-state index contributed by atoms with van der Waals surface area (Å²) in [5, 5.41) is 10.5. The zero-order valence-corrected chi connectivity index (χ0v) is 15.0. The molecular weight excluding hydrogens is 334 g/mol. The predicted octanol–water partition coefficient (Wildman–Crippen LogP) is 4.16. The highest BCUT2D eigenvalue weighted by Gasteiger charge is 2.12. The minimum absolute atomic E-state index is 0.137. The van der Waals surface area contributed by atoms with Crippen LogP contribution in [-0.2, 0) is 17.0 Å². The zero-order chi connectivity index (χ0) is 17.6. The third kappa shape index (κ3) is 4.93. The smallest absolute Gasteiger partial charge is 0.322 e. The minimum Gasteiger partial charge on any atom is -0.407 e. The second kappa shape index (κ2) is 7.98. The second-order valence-corrected chi connectivity index (χ2v) is 6.81. The lowest BCUT2D eigenvalue weighted by Crippen LogP contribution is -2.15. The average Bonchev–Trinajstić information content (AvgIpc) is 3.04. The van der Waals surface area contributed by atoms with Crippen molar-refractivity contribution in [2.45, 2.75) is 30.9 Å². The number of anilines is 1. The number of rotatable bonds is 6. The number of aryl methyl sites for hydroxylation is 2. The number of carbonyl (C=O) groups excluding carboxylic acids is 1. The first-order valence-electron chi connectivity index (χ1n) is 7.96. The van der Waals surface area contributed by atoms with E-state index in [1.807, 2.05) is 56.3 Å². The molecule has 0 bridgehead atoms. The number of hydrogen-bond acceptors (Lipinski definition) is 5. The molecule has 0 saturated heterocycles. The van der Waals surface area contributed by atoms with Crippen LogP contribution in [0.5, 0.6) is 0 Å². The van der Waals surface area contributed by atoms with Gasteiger partial charge in [0.2, 0.25) is 11.8 Å². The van der Waals surface area contributed by atoms with Gasteiger partial charge in [-0.05, 0) is 37.1 Å². The first kappa shape index (κ1) is 17.2. The summed E-state index contributed by atoms with van der Waals surface area (Å²) in [7, 11) is 0. The minimum atomic E-state index is -0.169. The van der Waals surface area contributed by atoms with Crippen molar-refractivity contribution in [2.75, 3.05) is 5.32 Å². The summed E-state index contributed by atoms with van der Waals surface area (Å²) < 4.78 is 5.49. The quantitative estimate of drug-likeness (QED) is 0.674. The Kier molecular flexibility index (Phi) is 5.50. The number of benzene rings is 2. The van der Waals surface area contributed by atoms with Gasteiger partial charge in [0.25, 0.3) is 0 Å². The lowest BCUT2D eigenvalue weighted by molar-refractivity contribution is -0.115. The molecule has 0 saturated carbocycles. The predicted molar refractivity (Wildman–Crippen MR) is 98.6 cm³/mol. The Labute approximate surface area is 150 Å². The summed E-state index contributed by atoms with van der Waals surface area (Å²) in [6.07, 6.45) is 0.280. The van der Waals surface area contributed by atoms with E-state index in [2.05, 4.69) is 21.6 Å². The first-order chi connectivity index (χ1) is 12.1. The Morgan fingerprint density at radius 3 is 2.68 bits per heavy atom. The molecule has 0 fully saturated rings. The van der Waals surface area contributed by atoms with Crippen LogP contribution in [-0.4, -0.2) is 16.1 Å². The molecule has 0 unspecified atom stereocenters. The van der Waals surface area contributed by atoms with Gasteiger partial charge in [-0.3, -0.25) is 10.1 Å². The molecule has 0 spiro atoms. The molecule has 0 aliphatic heterocycles. The summed E-state index contributed by atoms with van der Waals surface area (Å²) in [5.41, 5.74) is 3.27. The fourth-order valence-corrected chi connectivity index (χ4v) is 3.16.